The van der Waals surface area contributed by atoms with Crippen molar-refractivity contribution in [2.75, 3.05) is 0 Å². The number of benzene rings is 4. The summed E-state index contributed by atoms with van der Waals surface area (Å²) in [6.07, 6.45) is -5.63. The van der Waals surface area contributed by atoms with Crippen LogP contribution in [0, 0.1) is 0 Å². The Morgan fingerprint density at radius 3 is 0.825 bits per heavy atom. The van der Waals surface area contributed by atoms with Gasteiger partial charge in [-0.05, 0) is 22.3 Å². The second kappa shape index (κ2) is 14.3. The molecule has 6 heteroatoms. The highest BCUT2D eigenvalue weighted by Gasteiger charge is 2.52. The molecule has 1 fully saturated rings. The average Bonchev–Trinajstić information content (AvgIpc) is 3.01. The van der Waals surface area contributed by atoms with Gasteiger partial charge in [-0.15, -0.1) is 0 Å². The highest BCUT2D eigenvalue weighted by atomic mass is 16.6. The van der Waals surface area contributed by atoms with Crippen molar-refractivity contribution in [2.24, 2.45) is 0 Å². The van der Waals surface area contributed by atoms with Crippen LogP contribution in [0.2, 0.25) is 0 Å². The first kappa shape index (κ1) is 28.2. The number of hydrogen-bond donors (Lipinski definition) is 2. The minimum Gasteiger partial charge on any atom is -0.387 e. The maximum Gasteiger partial charge on any atom is 0.116 e. The van der Waals surface area contributed by atoms with Gasteiger partial charge in [-0.2, -0.15) is 0 Å². The average molecular weight is 541 g/mol. The van der Waals surface area contributed by atoms with E-state index in [1.165, 1.54) is 0 Å². The summed E-state index contributed by atoms with van der Waals surface area (Å²) >= 11 is 0. The van der Waals surface area contributed by atoms with Crippen LogP contribution in [-0.4, -0.2) is 46.8 Å². The number of aliphatic hydroxyl groups is 2. The molecular weight excluding hydrogens is 504 g/mol. The molecule has 208 valence electrons. The highest BCUT2D eigenvalue weighted by molar-refractivity contribution is 5.17. The molecule has 6 atom stereocenters. The van der Waals surface area contributed by atoms with Crippen LogP contribution in [-0.2, 0) is 45.4 Å². The van der Waals surface area contributed by atoms with Gasteiger partial charge in [0, 0.05) is 0 Å². The van der Waals surface area contributed by atoms with Crippen LogP contribution in [0.4, 0.5) is 0 Å². The first-order valence-corrected chi connectivity index (χ1v) is 13.7. The summed E-state index contributed by atoms with van der Waals surface area (Å²) in [5, 5.41) is 22.7. The number of rotatable bonds is 12. The van der Waals surface area contributed by atoms with Crippen molar-refractivity contribution in [3.05, 3.63) is 144 Å². The van der Waals surface area contributed by atoms with Crippen LogP contribution >= 0.6 is 0 Å². The van der Waals surface area contributed by atoms with Crippen molar-refractivity contribution in [1.82, 2.24) is 0 Å². The molecule has 5 rings (SSSR count). The smallest absolute Gasteiger partial charge is 0.116 e. The van der Waals surface area contributed by atoms with E-state index in [2.05, 4.69) is 0 Å². The van der Waals surface area contributed by atoms with E-state index in [9.17, 15) is 10.2 Å². The van der Waals surface area contributed by atoms with Gasteiger partial charge in [0.15, 0.2) is 0 Å². The number of hydrogen-bond acceptors (Lipinski definition) is 6. The van der Waals surface area contributed by atoms with Gasteiger partial charge in [-0.1, -0.05) is 121 Å². The van der Waals surface area contributed by atoms with Gasteiger partial charge >= 0.3 is 0 Å². The fourth-order valence-corrected chi connectivity index (χ4v) is 4.98. The topological polar surface area (TPSA) is 77.4 Å². The third-order valence-corrected chi connectivity index (χ3v) is 7.14. The molecule has 0 unspecified atom stereocenters. The van der Waals surface area contributed by atoms with E-state index in [-0.39, 0.29) is 26.4 Å². The molecule has 1 aliphatic carbocycles. The van der Waals surface area contributed by atoms with E-state index in [1.807, 2.05) is 121 Å². The van der Waals surface area contributed by atoms with E-state index in [4.69, 9.17) is 18.9 Å². The zero-order chi connectivity index (χ0) is 27.6. The Kier molecular flexibility index (Phi) is 10.1. The Morgan fingerprint density at radius 2 is 0.575 bits per heavy atom. The van der Waals surface area contributed by atoms with Crippen molar-refractivity contribution < 1.29 is 29.2 Å². The molecular formula is C34H36O6. The van der Waals surface area contributed by atoms with Gasteiger partial charge in [-0.3, -0.25) is 0 Å². The third-order valence-electron chi connectivity index (χ3n) is 7.14. The van der Waals surface area contributed by atoms with E-state index in [0.29, 0.717) is 0 Å². The van der Waals surface area contributed by atoms with Crippen LogP contribution < -0.4 is 0 Å². The van der Waals surface area contributed by atoms with E-state index in [1.54, 1.807) is 0 Å². The minimum absolute atomic E-state index is 0.251. The normalized spacial score (nSPS) is 24.6. The molecule has 0 heterocycles. The van der Waals surface area contributed by atoms with Gasteiger partial charge in [0.25, 0.3) is 0 Å². The van der Waals surface area contributed by atoms with Crippen molar-refractivity contribution >= 4 is 0 Å². The molecule has 0 saturated heterocycles. The minimum atomic E-state index is -1.25. The first-order chi connectivity index (χ1) is 19.7. The third kappa shape index (κ3) is 7.43. The first-order valence-electron chi connectivity index (χ1n) is 13.7. The fraction of sp³-hybridized carbons (Fsp3) is 0.294. The van der Waals surface area contributed by atoms with Crippen LogP contribution in [0.15, 0.2) is 121 Å². The maximum atomic E-state index is 11.4. The molecule has 0 bridgehead atoms. The molecule has 0 spiro atoms. The molecule has 1 saturated carbocycles. The maximum absolute atomic E-state index is 11.4. The van der Waals surface area contributed by atoms with Crippen molar-refractivity contribution in [2.45, 2.75) is 63.1 Å². The lowest BCUT2D eigenvalue weighted by Gasteiger charge is -2.47. The summed E-state index contributed by atoms with van der Waals surface area (Å²) in [6.45, 7) is 1.08. The predicted molar refractivity (Wildman–Crippen MR) is 152 cm³/mol. The van der Waals surface area contributed by atoms with Crippen molar-refractivity contribution in [3.8, 4) is 0 Å². The molecule has 0 aliphatic heterocycles. The summed E-state index contributed by atoms with van der Waals surface area (Å²) in [5.74, 6) is 0. The molecule has 4 aromatic rings. The molecule has 4 aromatic carbocycles. The van der Waals surface area contributed by atoms with Gasteiger partial charge in [0.1, 0.15) is 36.6 Å². The summed E-state index contributed by atoms with van der Waals surface area (Å²) in [6, 6.07) is 39.1. The largest absolute Gasteiger partial charge is 0.387 e. The van der Waals surface area contributed by atoms with E-state index < -0.39 is 36.6 Å². The van der Waals surface area contributed by atoms with Gasteiger partial charge < -0.3 is 29.2 Å². The fourth-order valence-electron chi connectivity index (χ4n) is 4.98. The van der Waals surface area contributed by atoms with E-state index in [0.717, 1.165) is 22.3 Å². The molecule has 40 heavy (non-hydrogen) atoms. The standard InChI is InChI=1S/C34H36O6/c35-29-30(36)32(38-22-26-15-7-2-8-16-26)34(40-24-28-19-11-4-12-20-28)33(39-23-27-17-9-3-10-18-27)31(29)37-21-25-13-5-1-6-14-25/h1-20,29-36H,21-24H2/t29-,30+,31-,32-,33-,34+/m1/s1. The highest BCUT2D eigenvalue weighted by Crippen LogP contribution is 2.32. The van der Waals surface area contributed by atoms with Crippen molar-refractivity contribution in [3.63, 3.8) is 0 Å². The van der Waals surface area contributed by atoms with Gasteiger partial charge in [-0.25, -0.2) is 0 Å². The summed E-state index contributed by atoms with van der Waals surface area (Å²) < 4.78 is 25.5. The van der Waals surface area contributed by atoms with Crippen LogP contribution in [0.3, 0.4) is 0 Å². The molecule has 0 aromatic heterocycles. The summed E-state index contributed by atoms with van der Waals surface area (Å²) in [4.78, 5) is 0. The van der Waals surface area contributed by atoms with Crippen LogP contribution in [0.1, 0.15) is 22.3 Å². The lowest BCUT2D eigenvalue weighted by Crippen LogP contribution is -2.66. The SMILES string of the molecule is O[C@@H]1[C@H](O)[C@@H](OCc2ccccc2)[C@H](OCc2ccccc2)[C@H](OCc2ccccc2)[C@@H]1OCc1ccccc1. The van der Waals surface area contributed by atoms with Crippen LogP contribution in [0.5, 0.6) is 0 Å². The summed E-state index contributed by atoms with van der Waals surface area (Å²) in [7, 11) is 0. The number of ether oxygens (including phenoxy) is 4. The lowest BCUT2D eigenvalue weighted by molar-refractivity contribution is -0.273. The Labute approximate surface area is 235 Å². The predicted octanol–water partition coefficient (Wildman–Crippen LogP) is 5.06. The van der Waals surface area contributed by atoms with Crippen molar-refractivity contribution in [1.29, 1.82) is 0 Å². The Bertz CT molecular complexity index is 1150. The van der Waals surface area contributed by atoms with E-state index >= 15 is 0 Å². The Balaban J connectivity index is 1.42. The zero-order valence-electron chi connectivity index (χ0n) is 22.4. The van der Waals surface area contributed by atoms with Crippen LogP contribution in [0.25, 0.3) is 0 Å². The Morgan fingerprint density at radius 1 is 0.350 bits per heavy atom. The monoisotopic (exact) mass is 540 g/mol. The Hall–Kier alpha value is -3.36. The van der Waals surface area contributed by atoms with Gasteiger partial charge in [0.05, 0.1) is 26.4 Å². The second-order valence-electron chi connectivity index (χ2n) is 10.0. The molecule has 2 N–H and O–H groups in total. The molecule has 0 radical (unpaired) electrons. The summed E-state index contributed by atoms with van der Waals surface area (Å²) in [5.41, 5.74) is 3.87. The zero-order valence-corrected chi connectivity index (χ0v) is 22.4. The molecule has 0 amide bonds. The van der Waals surface area contributed by atoms with Gasteiger partial charge in [0.2, 0.25) is 0 Å². The number of aliphatic hydroxyl groups excluding tert-OH is 2. The lowest BCUT2D eigenvalue weighted by atomic mass is 9.84. The second-order valence-corrected chi connectivity index (χ2v) is 10.0. The molecule has 1 aliphatic rings. The quantitative estimate of drug-likeness (QED) is 0.262. The molecule has 6 nitrogen and oxygen atoms in total.